The van der Waals surface area contributed by atoms with Gasteiger partial charge < -0.3 is 5.11 Å². The lowest BCUT2D eigenvalue weighted by Crippen LogP contribution is -2.16. The minimum atomic E-state index is -3.93. The fourth-order valence-electron chi connectivity index (χ4n) is 2.05. The molecule has 0 saturated heterocycles. The van der Waals surface area contributed by atoms with Crippen molar-refractivity contribution in [3.63, 3.8) is 0 Å². The van der Waals surface area contributed by atoms with Crippen LogP contribution in [0.4, 0.5) is 5.69 Å². The van der Waals surface area contributed by atoms with E-state index >= 15 is 0 Å². The number of rotatable bonds is 5. The molecule has 2 N–H and O–H groups in total. The minimum Gasteiger partial charge on any atom is -0.478 e. The largest absolute Gasteiger partial charge is 0.478 e. The second-order valence-electron chi connectivity index (χ2n) is 4.78. The van der Waals surface area contributed by atoms with Gasteiger partial charge in [0, 0.05) is 5.69 Å². The molecular weight excluding hydrogens is 316 g/mol. The number of benzene rings is 2. The molecule has 2 rings (SSSR count). The Kier molecular flexibility index (Phi) is 4.67. The van der Waals surface area contributed by atoms with Crippen LogP contribution in [-0.2, 0) is 16.4 Å². The predicted molar refractivity (Wildman–Crippen MR) is 84.7 cm³/mol. The second-order valence-corrected chi connectivity index (χ2v) is 6.43. The molecule has 0 aliphatic carbocycles. The molecule has 0 aliphatic heterocycles. The zero-order valence-electron chi connectivity index (χ0n) is 12.3. The summed E-state index contributed by atoms with van der Waals surface area (Å²) in [4.78, 5) is 11.0. The second kappa shape index (κ2) is 6.50. The molecule has 0 spiro atoms. The first-order chi connectivity index (χ1) is 10.9. The van der Waals surface area contributed by atoms with Gasteiger partial charge in [0.1, 0.15) is 0 Å². The van der Waals surface area contributed by atoms with Gasteiger partial charge in [-0.15, -0.1) is 0 Å². The number of anilines is 1. The van der Waals surface area contributed by atoms with Gasteiger partial charge in [-0.05, 0) is 48.4 Å². The minimum absolute atomic E-state index is 0.0655. The summed E-state index contributed by atoms with van der Waals surface area (Å²) in [5.41, 5.74) is 1.14. The number of carboxylic acids is 1. The third-order valence-corrected chi connectivity index (χ3v) is 4.71. The van der Waals surface area contributed by atoms with E-state index in [-0.39, 0.29) is 10.5 Å². The molecule has 23 heavy (non-hydrogen) atoms. The maximum atomic E-state index is 12.5. The standard InChI is InChI=1S/C16H14N2O4S/c1-2-12-5-6-13(16(19)20)9-15(12)23(21,22)18-14-7-3-11(10-17)4-8-14/h3-9,18H,2H2,1H3,(H,19,20). The van der Waals surface area contributed by atoms with Crippen molar-refractivity contribution in [3.05, 3.63) is 59.2 Å². The number of sulfonamides is 1. The van der Waals surface area contributed by atoms with Gasteiger partial charge in [0.05, 0.1) is 22.1 Å². The fraction of sp³-hybridized carbons (Fsp3) is 0.125. The highest BCUT2D eigenvalue weighted by Gasteiger charge is 2.20. The molecule has 0 heterocycles. The van der Waals surface area contributed by atoms with Crippen molar-refractivity contribution in [2.45, 2.75) is 18.2 Å². The molecule has 2 aromatic carbocycles. The summed E-state index contributed by atoms with van der Waals surface area (Å²) >= 11 is 0. The van der Waals surface area contributed by atoms with E-state index in [9.17, 15) is 13.2 Å². The first-order valence-electron chi connectivity index (χ1n) is 6.76. The molecule has 0 aliphatic rings. The van der Waals surface area contributed by atoms with Gasteiger partial charge in [0.25, 0.3) is 10.0 Å². The van der Waals surface area contributed by atoms with E-state index in [1.807, 2.05) is 6.07 Å². The Balaban J connectivity index is 2.43. The van der Waals surface area contributed by atoms with Crippen LogP contribution in [0.2, 0.25) is 0 Å². The fourth-order valence-corrected chi connectivity index (χ4v) is 3.45. The monoisotopic (exact) mass is 330 g/mol. The van der Waals surface area contributed by atoms with Crippen molar-refractivity contribution in [3.8, 4) is 6.07 Å². The number of aryl methyl sites for hydroxylation is 1. The smallest absolute Gasteiger partial charge is 0.335 e. The number of nitrogens with zero attached hydrogens (tertiary/aromatic N) is 1. The first-order valence-corrected chi connectivity index (χ1v) is 8.25. The van der Waals surface area contributed by atoms with Gasteiger partial charge in [-0.2, -0.15) is 5.26 Å². The van der Waals surface area contributed by atoms with Crippen molar-refractivity contribution < 1.29 is 18.3 Å². The molecule has 118 valence electrons. The average Bonchev–Trinajstić information content (AvgIpc) is 2.54. The average molecular weight is 330 g/mol. The number of carboxylic acid groups (broad SMARTS) is 1. The molecule has 0 fully saturated rings. The summed E-state index contributed by atoms with van der Waals surface area (Å²) in [5.74, 6) is -1.19. The van der Waals surface area contributed by atoms with Gasteiger partial charge in [-0.3, -0.25) is 4.72 Å². The lowest BCUT2D eigenvalue weighted by atomic mass is 10.1. The lowest BCUT2D eigenvalue weighted by molar-refractivity contribution is 0.0696. The Morgan fingerprint density at radius 2 is 1.87 bits per heavy atom. The van der Waals surface area contributed by atoms with Crippen LogP contribution < -0.4 is 4.72 Å². The maximum absolute atomic E-state index is 12.5. The predicted octanol–water partition coefficient (Wildman–Crippen LogP) is 2.62. The molecule has 2 aromatic rings. The van der Waals surface area contributed by atoms with Crippen LogP contribution in [0.3, 0.4) is 0 Å². The van der Waals surface area contributed by atoms with E-state index in [1.165, 1.54) is 36.4 Å². The molecule has 6 nitrogen and oxygen atoms in total. The van der Waals surface area contributed by atoms with Gasteiger partial charge in [0.2, 0.25) is 0 Å². The van der Waals surface area contributed by atoms with Crippen molar-refractivity contribution in [1.29, 1.82) is 5.26 Å². The number of carbonyl (C=O) groups is 1. The zero-order valence-corrected chi connectivity index (χ0v) is 13.1. The normalized spacial score (nSPS) is 10.8. The summed E-state index contributed by atoms with van der Waals surface area (Å²) in [6, 6.07) is 11.9. The third-order valence-electron chi connectivity index (χ3n) is 3.25. The molecule has 0 radical (unpaired) electrons. The number of nitriles is 1. The van der Waals surface area contributed by atoms with Crippen LogP contribution >= 0.6 is 0 Å². The summed E-state index contributed by atoms with van der Waals surface area (Å²) in [7, 11) is -3.93. The molecule has 0 atom stereocenters. The van der Waals surface area contributed by atoms with Crippen molar-refractivity contribution in [2.24, 2.45) is 0 Å². The SMILES string of the molecule is CCc1ccc(C(=O)O)cc1S(=O)(=O)Nc1ccc(C#N)cc1. The number of hydrogen-bond donors (Lipinski definition) is 2. The molecule has 0 unspecified atom stereocenters. The molecule has 0 saturated carbocycles. The third kappa shape index (κ3) is 3.67. The number of aromatic carboxylic acids is 1. The molecule has 7 heteroatoms. The lowest BCUT2D eigenvalue weighted by Gasteiger charge is -2.12. The molecule has 0 amide bonds. The van der Waals surface area contributed by atoms with Crippen LogP contribution in [0.15, 0.2) is 47.4 Å². The Morgan fingerprint density at radius 1 is 1.22 bits per heavy atom. The van der Waals surface area contributed by atoms with Gasteiger partial charge in [-0.1, -0.05) is 13.0 Å². The van der Waals surface area contributed by atoms with Gasteiger partial charge in [-0.25, -0.2) is 13.2 Å². The Morgan fingerprint density at radius 3 is 2.39 bits per heavy atom. The molecular formula is C16H14N2O4S. The zero-order chi connectivity index (χ0) is 17.0. The van der Waals surface area contributed by atoms with Crippen molar-refractivity contribution in [1.82, 2.24) is 0 Å². The van der Waals surface area contributed by atoms with E-state index in [4.69, 9.17) is 10.4 Å². The van der Waals surface area contributed by atoms with Crippen molar-refractivity contribution >= 4 is 21.7 Å². The van der Waals surface area contributed by atoms with Crippen LogP contribution in [0.25, 0.3) is 0 Å². The summed E-state index contributed by atoms with van der Waals surface area (Å²) < 4.78 is 27.5. The van der Waals surface area contributed by atoms with E-state index in [0.29, 0.717) is 23.2 Å². The molecule has 0 bridgehead atoms. The quantitative estimate of drug-likeness (QED) is 0.876. The maximum Gasteiger partial charge on any atom is 0.335 e. The Hall–Kier alpha value is -2.85. The van der Waals surface area contributed by atoms with E-state index in [1.54, 1.807) is 6.92 Å². The first kappa shape index (κ1) is 16.5. The van der Waals surface area contributed by atoms with Crippen LogP contribution in [0.5, 0.6) is 0 Å². The van der Waals surface area contributed by atoms with E-state index in [2.05, 4.69) is 4.72 Å². The summed E-state index contributed by atoms with van der Waals surface area (Å²) in [6.07, 6.45) is 0.448. The van der Waals surface area contributed by atoms with Crippen LogP contribution in [0.1, 0.15) is 28.4 Å². The summed E-state index contributed by atoms with van der Waals surface area (Å²) in [6.45, 7) is 1.79. The van der Waals surface area contributed by atoms with Crippen LogP contribution in [-0.4, -0.2) is 19.5 Å². The highest BCUT2D eigenvalue weighted by molar-refractivity contribution is 7.92. The number of nitrogens with one attached hydrogen (secondary N) is 1. The Labute approximate surface area is 134 Å². The summed E-state index contributed by atoms with van der Waals surface area (Å²) in [5, 5.41) is 17.8. The highest BCUT2D eigenvalue weighted by Crippen LogP contribution is 2.22. The van der Waals surface area contributed by atoms with Gasteiger partial charge in [0.15, 0.2) is 0 Å². The van der Waals surface area contributed by atoms with E-state index in [0.717, 1.165) is 6.07 Å². The molecule has 0 aromatic heterocycles. The Bertz CT molecular complexity index is 881. The van der Waals surface area contributed by atoms with Crippen molar-refractivity contribution in [2.75, 3.05) is 4.72 Å². The highest BCUT2D eigenvalue weighted by atomic mass is 32.2. The van der Waals surface area contributed by atoms with Gasteiger partial charge >= 0.3 is 5.97 Å². The number of hydrogen-bond acceptors (Lipinski definition) is 4. The van der Waals surface area contributed by atoms with E-state index < -0.39 is 16.0 Å². The topological polar surface area (TPSA) is 107 Å². The van der Waals surface area contributed by atoms with Crippen LogP contribution in [0, 0.1) is 11.3 Å².